The summed E-state index contributed by atoms with van der Waals surface area (Å²) in [7, 11) is 0. The molecular formula is C22H28O2. The molecule has 0 radical (unpaired) electrons. The summed E-state index contributed by atoms with van der Waals surface area (Å²) in [6.07, 6.45) is 9.56. The molecular weight excluding hydrogens is 296 g/mol. The average Bonchev–Trinajstić information content (AvgIpc) is 2.92. The number of allylic oxidation sites excluding steroid dienone is 2. The highest BCUT2D eigenvalue weighted by Gasteiger charge is 2.52. The zero-order chi connectivity index (χ0) is 16.9. The lowest BCUT2D eigenvalue weighted by Crippen LogP contribution is -2.42. The summed E-state index contributed by atoms with van der Waals surface area (Å²) in [5, 5.41) is 9.78. The normalized spacial score (nSPS) is 34.1. The Hall–Kier alpha value is -1.57. The number of phenols is 1. The number of carbonyl (C=O) groups is 1. The average molecular weight is 324 g/mol. The molecule has 0 unspecified atom stereocenters. The maximum absolute atomic E-state index is 12.6. The summed E-state index contributed by atoms with van der Waals surface area (Å²) in [4.78, 5) is 12.6. The lowest BCUT2D eigenvalue weighted by molar-refractivity contribution is -0.117. The van der Waals surface area contributed by atoms with Gasteiger partial charge in [0.25, 0.3) is 0 Å². The molecule has 0 bridgehead atoms. The van der Waals surface area contributed by atoms with Crippen molar-refractivity contribution >= 4 is 5.78 Å². The molecule has 0 amide bonds. The predicted molar refractivity (Wildman–Crippen MR) is 96.1 cm³/mol. The van der Waals surface area contributed by atoms with Crippen molar-refractivity contribution in [3.8, 4) is 5.75 Å². The number of ketones is 1. The third kappa shape index (κ3) is 2.26. The van der Waals surface area contributed by atoms with Crippen molar-refractivity contribution in [2.45, 2.75) is 64.7 Å². The van der Waals surface area contributed by atoms with E-state index in [0.717, 1.165) is 31.3 Å². The maximum atomic E-state index is 12.6. The van der Waals surface area contributed by atoms with Gasteiger partial charge in [0.15, 0.2) is 5.78 Å². The Kier molecular flexibility index (Phi) is 3.82. The van der Waals surface area contributed by atoms with Crippen molar-refractivity contribution in [2.75, 3.05) is 0 Å². The highest BCUT2D eigenvalue weighted by atomic mass is 16.3. The quantitative estimate of drug-likeness (QED) is 0.834. The minimum atomic E-state index is 0.0991. The van der Waals surface area contributed by atoms with Gasteiger partial charge in [0.1, 0.15) is 5.75 Å². The Morgan fingerprint density at radius 2 is 2.17 bits per heavy atom. The Balaban J connectivity index is 1.63. The first-order valence-corrected chi connectivity index (χ1v) is 9.60. The van der Waals surface area contributed by atoms with E-state index in [4.69, 9.17) is 0 Å². The third-order valence-corrected chi connectivity index (χ3v) is 7.07. The van der Waals surface area contributed by atoms with Crippen LogP contribution >= 0.6 is 0 Å². The van der Waals surface area contributed by atoms with Gasteiger partial charge in [0, 0.05) is 6.42 Å². The van der Waals surface area contributed by atoms with Gasteiger partial charge in [-0.3, -0.25) is 4.79 Å². The van der Waals surface area contributed by atoms with Crippen LogP contribution in [0.3, 0.4) is 0 Å². The topological polar surface area (TPSA) is 37.3 Å². The van der Waals surface area contributed by atoms with E-state index in [1.807, 2.05) is 12.1 Å². The van der Waals surface area contributed by atoms with Crippen molar-refractivity contribution in [3.63, 3.8) is 0 Å². The van der Waals surface area contributed by atoms with Crippen LogP contribution in [0, 0.1) is 17.3 Å². The molecule has 0 saturated heterocycles. The summed E-state index contributed by atoms with van der Waals surface area (Å²) in [5.41, 5.74) is 4.04. The second kappa shape index (κ2) is 5.75. The Morgan fingerprint density at radius 1 is 1.33 bits per heavy atom. The number of aromatic hydroxyl groups is 1. The molecule has 2 heteroatoms. The van der Waals surface area contributed by atoms with Gasteiger partial charge in [-0.25, -0.2) is 0 Å². The molecule has 0 aliphatic heterocycles. The summed E-state index contributed by atoms with van der Waals surface area (Å²) < 4.78 is 0. The lowest BCUT2D eigenvalue weighted by Gasteiger charge is -2.50. The van der Waals surface area contributed by atoms with Crippen molar-refractivity contribution in [3.05, 3.63) is 41.0 Å². The van der Waals surface area contributed by atoms with Gasteiger partial charge in [-0.1, -0.05) is 26.0 Å². The molecule has 4 rings (SSSR count). The van der Waals surface area contributed by atoms with Gasteiger partial charge in [-0.05, 0) is 90.5 Å². The number of Topliss-reactive ketones (excluding diaryl/α,β-unsaturated/α-hetero) is 1. The van der Waals surface area contributed by atoms with E-state index in [9.17, 15) is 9.90 Å². The van der Waals surface area contributed by atoms with Crippen LogP contribution in [0.4, 0.5) is 0 Å². The molecule has 1 saturated carbocycles. The Morgan fingerprint density at radius 3 is 2.96 bits per heavy atom. The fourth-order valence-corrected chi connectivity index (χ4v) is 5.93. The van der Waals surface area contributed by atoms with E-state index in [-0.39, 0.29) is 5.41 Å². The highest BCUT2D eigenvalue weighted by molar-refractivity contribution is 5.97. The molecule has 3 aliphatic rings. The zero-order valence-electron chi connectivity index (χ0n) is 14.8. The molecule has 1 fully saturated rings. The second-order valence-electron chi connectivity index (χ2n) is 8.28. The van der Waals surface area contributed by atoms with Gasteiger partial charge in [0.2, 0.25) is 0 Å². The second-order valence-corrected chi connectivity index (χ2v) is 8.28. The standard InChI is InChI=1S/C22H28O2/c1-3-4-21(24)20-10-9-19-18-7-5-14-13-15(23)6-8-16(14)17(18)11-12-22(19,20)2/h6,8,10,13,17-19,23H,3-5,7,9,11-12H2,1-2H3/t17-,18-,19+,22+/m1/s1. The molecule has 1 aromatic carbocycles. The molecule has 2 nitrogen and oxygen atoms in total. The van der Waals surface area contributed by atoms with Crippen LogP contribution in [-0.2, 0) is 11.2 Å². The lowest BCUT2D eigenvalue weighted by atomic mass is 9.54. The van der Waals surface area contributed by atoms with E-state index in [2.05, 4.69) is 26.0 Å². The van der Waals surface area contributed by atoms with Crippen LogP contribution in [0.15, 0.2) is 29.8 Å². The monoisotopic (exact) mass is 324 g/mol. The number of hydrogen-bond acceptors (Lipinski definition) is 2. The number of rotatable bonds is 3. The summed E-state index contributed by atoms with van der Waals surface area (Å²) in [6, 6.07) is 5.95. The van der Waals surface area contributed by atoms with Crippen molar-refractivity contribution in [1.82, 2.24) is 0 Å². The number of hydrogen-bond donors (Lipinski definition) is 1. The third-order valence-electron chi connectivity index (χ3n) is 7.07. The molecule has 3 aliphatic carbocycles. The molecule has 4 atom stereocenters. The van der Waals surface area contributed by atoms with E-state index in [0.29, 0.717) is 35.7 Å². The van der Waals surface area contributed by atoms with Gasteiger partial charge >= 0.3 is 0 Å². The molecule has 1 aromatic rings. The number of aryl methyl sites for hydroxylation is 1. The van der Waals surface area contributed by atoms with Gasteiger partial charge in [0.05, 0.1) is 0 Å². The smallest absolute Gasteiger partial charge is 0.159 e. The van der Waals surface area contributed by atoms with E-state index in [1.165, 1.54) is 24.0 Å². The first kappa shape index (κ1) is 15.9. The summed E-state index contributed by atoms with van der Waals surface area (Å²) in [5.74, 6) is 2.70. The van der Waals surface area contributed by atoms with Crippen molar-refractivity contribution < 1.29 is 9.90 Å². The minimum Gasteiger partial charge on any atom is -0.508 e. The molecule has 1 N–H and O–H groups in total. The molecule has 24 heavy (non-hydrogen) atoms. The summed E-state index contributed by atoms with van der Waals surface area (Å²) in [6.45, 7) is 4.45. The van der Waals surface area contributed by atoms with Gasteiger partial charge in [-0.2, -0.15) is 0 Å². The first-order chi connectivity index (χ1) is 11.5. The SMILES string of the molecule is CCCC(=O)C1=CC[C@H]2[C@@H]3CCc4cc(O)ccc4[C@H]3CC[C@]12C. The maximum Gasteiger partial charge on any atom is 0.159 e. The first-order valence-electron chi connectivity index (χ1n) is 9.60. The van der Waals surface area contributed by atoms with Crippen molar-refractivity contribution in [2.24, 2.45) is 17.3 Å². The zero-order valence-corrected chi connectivity index (χ0v) is 14.8. The number of phenolic OH excluding ortho intramolecular Hbond substituents is 1. The van der Waals surface area contributed by atoms with Crippen LogP contribution in [0.25, 0.3) is 0 Å². The molecule has 0 heterocycles. The number of carbonyl (C=O) groups excluding carboxylic acids is 1. The largest absolute Gasteiger partial charge is 0.508 e. The van der Waals surface area contributed by atoms with Crippen molar-refractivity contribution in [1.29, 1.82) is 0 Å². The van der Waals surface area contributed by atoms with Crippen LogP contribution in [-0.4, -0.2) is 10.9 Å². The fraction of sp³-hybridized carbons (Fsp3) is 0.591. The van der Waals surface area contributed by atoms with Crippen LogP contribution < -0.4 is 0 Å². The van der Waals surface area contributed by atoms with E-state index in [1.54, 1.807) is 0 Å². The van der Waals surface area contributed by atoms with Gasteiger partial charge in [-0.15, -0.1) is 0 Å². The fourth-order valence-electron chi connectivity index (χ4n) is 5.93. The van der Waals surface area contributed by atoms with E-state index >= 15 is 0 Å². The molecule has 0 spiro atoms. The van der Waals surface area contributed by atoms with Gasteiger partial charge < -0.3 is 5.11 Å². The molecule has 128 valence electrons. The van der Waals surface area contributed by atoms with E-state index < -0.39 is 0 Å². The predicted octanol–water partition coefficient (Wildman–Crippen LogP) is 5.15. The molecule has 0 aromatic heterocycles. The highest BCUT2D eigenvalue weighted by Crippen LogP contribution is 2.61. The number of benzene rings is 1. The number of fused-ring (bicyclic) bond motifs is 5. The summed E-state index contributed by atoms with van der Waals surface area (Å²) >= 11 is 0. The Labute approximate surface area is 145 Å². The van der Waals surface area contributed by atoms with Crippen LogP contribution in [0.1, 0.15) is 69.4 Å². The van der Waals surface area contributed by atoms with Crippen LogP contribution in [0.2, 0.25) is 0 Å². The minimum absolute atomic E-state index is 0.0991. The Bertz CT molecular complexity index is 702. The van der Waals surface area contributed by atoms with Crippen LogP contribution in [0.5, 0.6) is 5.75 Å².